The number of nitrogens with two attached hydrogens (primary N) is 1. The van der Waals surface area contributed by atoms with Gasteiger partial charge in [0, 0.05) is 18.2 Å². The minimum atomic E-state index is -0.390. The minimum absolute atomic E-state index is 0.164. The summed E-state index contributed by atoms with van der Waals surface area (Å²) in [4.78, 5) is 12.1. The van der Waals surface area contributed by atoms with Crippen LogP contribution in [0, 0.1) is 11.7 Å². The third-order valence-corrected chi connectivity index (χ3v) is 3.55. The maximum absolute atomic E-state index is 13.5. The molecule has 2 aromatic carbocycles. The van der Waals surface area contributed by atoms with Crippen molar-refractivity contribution in [3.8, 4) is 0 Å². The second-order valence-corrected chi connectivity index (χ2v) is 5.03. The highest BCUT2D eigenvalue weighted by Gasteiger charge is 2.21. The Hall–Kier alpha value is -2.20. The molecule has 21 heavy (non-hydrogen) atoms. The van der Waals surface area contributed by atoms with Gasteiger partial charge < -0.3 is 11.1 Å². The third-order valence-electron chi connectivity index (χ3n) is 3.55. The Labute approximate surface area is 124 Å². The first-order valence-corrected chi connectivity index (χ1v) is 6.91. The second kappa shape index (κ2) is 6.99. The van der Waals surface area contributed by atoms with Gasteiger partial charge >= 0.3 is 0 Å². The van der Waals surface area contributed by atoms with Crippen LogP contribution in [0.25, 0.3) is 0 Å². The number of hydrogen-bond acceptors (Lipinski definition) is 2. The van der Waals surface area contributed by atoms with Gasteiger partial charge in [-0.15, -0.1) is 0 Å². The monoisotopic (exact) mass is 286 g/mol. The van der Waals surface area contributed by atoms with Crippen LogP contribution in [0.2, 0.25) is 0 Å². The Morgan fingerprint density at radius 2 is 1.76 bits per heavy atom. The van der Waals surface area contributed by atoms with Gasteiger partial charge in [0.1, 0.15) is 5.82 Å². The molecule has 110 valence electrons. The summed E-state index contributed by atoms with van der Waals surface area (Å²) >= 11 is 0. The van der Waals surface area contributed by atoms with Gasteiger partial charge in [0.05, 0.1) is 5.92 Å². The topological polar surface area (TPSA) is 55.1 Å². The van der Waals surface area contributed by atoms with Crippen molar-refractivity contribution in [3.63, 3.8) is 0 Å². The molecule has 0 bridgehead atoms. The summed E-state index contributed by atoms with van der Waals surface area (Å²) in [5.74, 6) is -0.897. The molecule has 2 rings (SSSR count). The van der Waals surface area contributed by atoms with E-state index in [4.69, 9.17) is 5.73 Å². The van der Waals surface area contributed by atoms with Crippen molar-refractivity contribution in [2.24, 2.45) is 11.7 Å². The zero-order valence-electron chi connectivity index (χ0n) is 11.9. The van der Waals surface area contributed by atoms with Crippen LogP contribution in [-0.4, -0.2) is 5.91 Å². The molecule has 2 atom stereocenters. The van der Waals surface area contributed by atoms with Crippen molar-refractivity contribution >= 4 is 5.91 Å². The van der Waals surface area contributed by atoms with E-state index in [1.807, 2.05) is 30.3 Å². The quantitative estimate of drug-likeness (QED) is 0.888. The van der Waals surface area contributed by atoms with E-state index < -0.39 is 0 Å². The number of amides is 1. The Bertz CT molecular complexity index is 601. The van der Waals surface area contributed by atoms with Gasteiger partial charge in [-0.25, -0.2) is 4.39 Å². The Morgan fingerprint density at radius 1 is 1.14 bits per heavy atom. The van der Waals surface area contributed by atoms with E-state index in [0.717, 1.165) is 5.56 Å². The standard InChI is InChI=1S/C17H19FN2O/c1-12(16(19)13-7-3-2-4-8-13)17(21)20-11-14-9-5-6-10-15(14)18/h2-10,12,16H,11,19H2,1H3,(H,20,21). The Balaban J connectivity index is 1.95. The Kier molecular flexibility index (Phi) is 5.06. The summed E-state index contributed by atoms with van der Waals surface area (Å²) < 4.78 is 13.5. The van der Waals surface area contributed by atoms with Crippen LogP contribution in [0.3, 0.4) is 0 Å². The number of benzene rings is 2. The molecule has 4 heteroatoms. The molecule has 2 unspecified atom stereocenters. The fourth-order valence-electron chi connectivity index (χ4n) is 2.11. The molecule has 0 radical (unpaired) electrons. The maximum atomic E-state index is 13.5. The summed E-state index contributed by atoms with van der Waals surface area (Å²) in [7, 11) is 0. The maximum Gasteiger partial charge on any atom is 0.225 e. The van der Waals surface area contributed by atoms with Crippen molar-refractivity contribution in [2.45, 2.75) is 19.5 Å². The van der Waals surface area contributed by atoms with Crippen LogP contribution in [0.5, 0.6) is 0 Å². The fourth-order valence-corrected chi connectivity index (χ4v) is 2.11. The van der Waals surface area contributed by atoms with Gasteiger partial charge in [-0.05, 0) is 11.6 Å². The zero-order chi connectivity index (χ0) is 15.2. The van der Waals surface area contributed by atoms with E-state index in [1.54, 1.807) is 25.1 Å². The molecule has 0 spiro atoms. The normalized spacial score (nSPS) is 13.5. The molecule has 0 saturated heterocycles. The number of halogens is 1. The zero-order valence-corrected chi connectivity index (χ0v) is 11.9. The van der Waals surface area contributed by atoms with Gasteiger partial charge in [-0.3, -0.25) is 4.79 Å². The second-order valence-electron chi connectivity index (χ2n) is 5.03. The average Bonchev–Trinajstić information content (AvgIpc) is 2.53. The molecule has 3 nitrogen and oxygen atoms in total. The molecule has 0 aliphatic carbocycles. The van der Waals surface area contributed by atoms with Crippen molar-refractivity contribution in [1.82, 2.24) is 5.32 Å². The smallest absolute Gasteiger partial charge is 0.225 e. The van der Waals surface area contributed by atoms with Crippen molar-refractivity contribution in [1.29, 1.82) is 0 Å². The predicted octanol–water partition coefficient (Wildman–Crippen LogP) is 2.78. The van der Waals surface area contributed by atoms with Crippen LogP contribution in [0.4, 0.5) is 4.39 Å². The first-order valence-electron chi connectivity index (χ1n) is 6.91. The first kappa shape index (κ1) is 15.2. The fraction of sp³-hybridized carbons (Fsp3) is 0.235. The van der Waals surface area contributed by atoms with E-state index in [2.05, 4.69) is 5.32 Å². The van der Waals surface area contributed by atoms with Gasteiger partial charge in [0.2, 0.25) is 5.91 Å². The van der Waals surface area contributed by atoms with Crippen LogP contribution >= 0.6 is 0 Å². The third kappa shape index (κ3) is 3.89. The van der Waals surface area contributed by atoms with Crippen LogP contribution < -0.4 is 11.1 Å². The highest BCUT2D eigenvalue weighted by atomic mass is 19.1. The molecular weight excluding hydrogens is 267 g/mol. The lowest BCUT2D eigenvalue weighted by Gasteiger charge is -2.20. The summed E-state index contributed by atoms with van der Waals surface area (Å²) in [6.07, 6.45) is 0. The summed E-state index contributed by atoms with van der Waals surface area (Å²) in [5, 5.41) is 2.73. The molecule has 3 N–H and O–H groups in total. The number of rotatable bonds is 5. The van der Waals surface area contributed by atoms with Crippen LogP contribution in [-0.2, 0) is 11.3 Å². The van der Waals surface area contributed by atoms with E-state index in [0.29, 0.717) is 5.56 Å². The molecule has 1 amide bonds. The highest BCUT2D eigenvalue weighted by Crippen LogP contribution is 2.19. The van der Waals surface area contributed by atoms with Gasteiger partial charge in [0.15, 0.2) is 0 Å². The van der Waals surface area contributed by atoms with E-state index in [1.165, 1.54) is 6.07 Å². The lowest BCUT2D eigenvalue weighted by molar-refractivity contribution is -0.125. The van der Waals surface area contributed by atoms with E-state index >= 15 is 0 Å². The number of carbonyl (C=O) groups excluding carboxylic acids is 1. The van der Waals surface area contributed by atoms with Crippen molar-refractivity contribution in [2.75, 3.05) is 0 Å². The molecule has 0 fully saturated rings. The largest absolute Gasteiger partial charge is 0.352 e. The van der Waals surface area contributed by atoms with Crippen molar-refractivity contribution < 1.29 is 9.18 Å². The van der Waals surface area contributed by atoms with E-state index in [9.17, 15) is 9.18 Å². The highest BCUT2D eigenvalue weighted by molar-refractivity contribution is 5.79. The minimum Gasteiger partial charge on any atom is -0.352 e. The lowest BCUT2D eigenvalue weighted by atomic mass is 9.94. The summed E-state index contributed by atoms with van der Waals surface area (Å²) in [6.45, 7) is 1.94. The lowest BCUT2D eigenvalue weighted by Crippen LogP contribution is -2.35. The molecule has 2 aromatic rings. The van der Waals surface area contributed by atoms with Gasteiger partial charge in [0.25, 0.3) is 0 Å². The SMILES string of the molecule is CC(C(=O)NCc1ccccc1F)C(N)c1ccccc1. The molecule has 0 aliphatic heterocycles. The summed E-state index contributed by atoms with van der Waals surface area (Å²) in [5.41, 5.74) is 7.48. The molecule has 0 aromatic heterocycles. The molecule has 0 aliphatic rings. The number of carbonyl (C=O) groups is 1. The number of nitrogens with one attached hydrogen (secondary N) is 1. The van der Waals surface area contributed by atoms with Crippen molar-refractivity contribution in [3.05, 3.63) is 71.5 Å². The Morgan fingerprint density at radius 3 is 2.43 bits per heavy atom. The van der Waals surface area contributed by atoms with Gasteiger partial charge in [-0.1, -0.05) is 55.5 Å². The first-order chi connectivity index (χ1) is 10.1. The van der Waals surface area contributed by atoms with Gasteiger partial charge in [-0.2, -0.15) is 0 Å². The van der Waals surface area contributed by atoms with Crippen LogP contribution in [0.15, 0.2) is 54.6 Å². The average molecular weight is 286 g/mol. The predicted molar refractivity (Wildman–Crippen MR) is 80.8 cm³/mol. The molecule has 0 heterocycles. The number of hydrogen-bond donors (Lipinski definition) is 2. The molecule has 0 saturated carbocycles. The van der Waals surface area contributed by atoms with Crippen LogP contribution in [0.1, 0.15) is 24.1 Å². The molecular formula is C17H19FN2O. The summed E-state index contributed by atoms with van der Waals surface area (Å²) in [6, 6.07) is 15.5. The van der Waals surface area contributed by atoms with E-state index in [-0.39, 0.29) is 30.2 Å².